The van der Waals surface area contributed by atoms with E-state index in [-0.39, 0.29) is 4.90 Å². The zero-order chi connectivity index (χ0) is 15.0. The van der Waals surface area contributed by atoms with Crippen LogP contribution in [0.15, 0.2) is 29.3 Å². The molecule has 2 aromatic rings. The fourth-order valence-electron chi connectivity index (χ4n) is 1.74. The van der Waals surface area contributed by atoms with Crippen LogP contribution in [0.3, 0.4) is 0 Å². The van der Waals surface area contributed by atoms with Crippen LogP contribution in [-0.4, -0.2) is 26.1 Å². The monoisotopic (exact) mass is 307 g/mol. The average molecular weight is 307 g/mol. The first-order valence-corrected chi connectivity index (χ1v) is 7.10. The number of anilines is 1. The Morgan fingerprint density at radius 2 is 2.00 bits per heavy atom. The van der Waals surface area contributed by atoms with Gasteiger partial charge in [0.15, 0.2) is 0 Å². The fourth-order valence-corrected chi connectivity index (χ4v) is 2.95. The largest absolute Gasteiger partial charge is 0.399 e. The number of nitrogen functional groups attached to an aromatic ring is 1. The number of sulfonamides is 1. The first kappa shape index (κ1) is 14.7. The van der Waals surface area contributed by atoms with E-state index in [1.54, 1.807) is 6.07 Å². The number of alkyl halides is 3. The predicted molar refractivity (Wildman–Crippen MR) is 68.6 cm³/mol. The zero-order valence-electron chi connectivity index (χ0n) is 10.2. The third-order valence-corrected chi connectivity index (χ3v) is 4.16. The van der Waals surface area contributed by atoms with Crippen LogP contribution in [0.5, 0.6) is 0 Å². The lowest BCUT2D eigenvalue weighted by molar-refractivity contribution is -0.132. The molecular weight excluding hydrogens is 295 g/mol. The summed E-state index contributed by atoms with van der Waals surface area (Å²) in [6.07, 6.45) is -4.40. The van der Waals surface area contributed by atoms with Crippen LogP contribution >= 0.6 is 0 Å². The molecule has 0 fully saturated rings. The summed E-state index contributed by atoms with van der Waals surface area (Å²) in [5.41, 5.74) is 6.51. The number of nitrogens with one attached hydrogen (secondary N) is 2. The molecule has 0 unspecified atom stereocenters. The molecule has 1 aromatic carbocycles. The molecule has 110 valence electrons. The molecule has 0 aliphatic heterocycles. The smallest absolute Gasteiger partial charge is 0.390 e. The Hall–Kier alpha value is -1.74. The highest BCUT2D eigenvalue weighted by atomic mass is 32.2. The minimum absolute atomic E-state index is 0.102. The molecule has 9 heteroatoms. The molecule has 5 nitrogen and oxygen atoms in total. The highest BCUT2D eigenvalue weighted by molar-refractivity contribution is 7.89. The van der Waals surface area contributed by atoms with Crippen LogP contribution in [0.1, 0.15) is 6.42 Å². The molecule has 1 heterocycles. The Morgan fingerprint density at radius 1 is 1.30 bits per heavy atom. The Balaban J connectivity index is 2.24. The van der Waals surface area contributed by atoms with E-state index in [1.165, 1.54) is 18.3 Å². The SMILES string of the molecule is Nc1ccc2c(S(=O)(=O)NCCC(F)(F)F)c[nH]c2c1. The van der Waals surface area contributed by atoms with Gasteiger partial charge in [-0.1, -0.05) is 0 Å². The number of aromatic nitrogens is 1. The van der Waals surface area contributed by atoms with E-state index in [1.807, 2.05) is 4.72 Å². The predicted octanol–water partition coefficient (Wildman–Crippen LogP) is 1.98. The van der Waals surface area contributed by atoms with E-state index in [0.29, 0.717) is 16.6 Å². The maximum absolute atomic E-state index is 12.0. The van der Waals surface area contributed by atoms with E-state index >= 15 is 0 Å². The van der Waals surface area contributed by atoms with Crippen LogP contribution in [0.2, 0.25) is 0 Å². The van der Waals surface area contributed by atoms with Crippen molar-refractivity contribution in [2.45, 2.75) is 17.5 Å². The maximum Gasteiger partial charge on any atom is 0.390 e. The van der Waals surface area contributed by atoms with Gasteiger partial charge >= 0.3 is 6.18 Å². The maximum atomic E-state index is 12.0. The van der Waals surface area contributed by atoms with Gasteiger partial charge in [-0.3, -0.25) is 0 Å². The minimum atomic E-state index is -4.41. The van der Waals surface area contributed by atoms with Crippen molar-refractivity contribution in [2.75, 3.05) is 12.3 Å². The molecular formula is C11H12F3N3O2S. The summed E-state index contributed by atoms with van der Waals surface area (Å²) in [7, 11) is -4.00. The average Bonchev–Trinajstić information content (AvgIpc) is 2.70. The van der Waals surface area contributed by atoms with Gasteiger partial charge in [0.05, 0.1) is 6.42 Å². The summed E-state index contributed by atoms with van der Waals surface area (Å²) in [6, 6.07) is 4.56. The van der Waals surface area contributed by atoms with Crippen LogP contribution in [0, 0.1) is 0 Å². The fraction of sp³-hybridized carbons (Fsp3) is 0.273. The summed E-state index contributed by atoms with van der Waals surface area (Å²) >= 11 is 0. The number of hydrogen-bond donors (Lipinski definition) is 3. The molecule has 0 amide bonds. The third-order valence-electron chi connectivity index (χ3n) is 2.66. The number of halogens is 3. The standard InChI is InChI=1S/C11H12F3N3O2S/c12-11(13,14)3-4-17-20(18,19)10-6-16-9-5-7(15)1-2-8(9)10/h1-2,5-6,16-17H,3-4,15H2. The van der Waals surface area contributed by atoms with Gasteiger partial charge in [-0.05, 0) is 18.2 Å². The van der Waals surface area contributed by atoms with Gasteiger partial charge in [-0.15, -0.1) is 0 Å². The van der Waals surface area contributed by atoms with E-state index in [4.69, 9.17) is 5.73 Å². The Labute approximate surface area is 113 Å². The first-order valence-electron chi connectivity index (χ1n) is 5.62. The van der Waals surface area contributed by atoms with Gasteiger partial charge in [0.25, 0.3) is 0 Å². The molecule has 0 radical (unpaired) electrons. The topological polar surface area (TPSA) is 88.0 Å². The van der Waals surface area contributed by atoms with E-state index < -0.39 is 29.2 Å². The van der Waals surface area contributed by atoms with Gasteiger partial charge in [0, 0.05) is 29.3 Å². The van der Waals surface area contributed by atoms with E-state index in [9.17, 15) is 21.6 Å². The number of benzene rings is 1. The summed E-state index contributed by atoms with van der Waals surface area (Å²) in [6.45, 7) is -0.701. The molecule has 0 atom stereocenters. The number of aromatic amines is 1. The number of rotatable bonds is 4. The Morgan fingerprint density at radius 3 is 2.65 bits per heavy atom. The Bertz CT molecular complexity index is 722. The van der Waals surface area contributed by atoms with Gasteiger partial charge in [0.2, 0.25) is 10.0 Å². The summed E-state index contributed by atoms with van der Waals surface area (Å²) in [5, 5.41) is 0.374. The van der Waals surface area contributed by atoms with Gasteiger partial charge in [0.1, 0.15) is 4.90 Å². The van der Waals surface area contributed by atoms with Gasteiger partial charge < -0.3 is 10.7 Å². The molecule has 0 aliphatic rings. The summed E-state index contributed by atoms with van der Waals surface area (Å²) < 4.78 is 61.9. The Kier molecular flexibility index (Phi) is 3.65. The second-order valence-electron chi connectivity index (χ2n) is 4.22. The number of H-pyrrole nitrogens is 1. The minimum Gasteiger partial charge on any atom is -0.399 e. The second kappa shape index (κ2) is 4.98. The molecule has 0 bridgehead atoms. The molecule has 20 heavy (non-hydrogen) atoms. The van der Waals surface area contributed by atoms with Crippen molar-refractivity contribution < 1.29 is 21.6 Å². The molecule has 4 N–H and O–H groups in total. The third kappa shape index (κ3) is 3.23. The lowest BCUT2D eigenvalue weighted by Gasteiger charge is -2.08. The van der Waals surface area contributed by atoms with Crippen molar-refractivity contribution >= 4 is 26.6 Å². The molecule has 0 saturated carbocycles. The van der Waals surface area contributed by atoms with Crippen LogP contribution in [0.4, 0.5) is 18.9 Å². The molecule has 0 saturated heterocycles. The van der Waals surface area contributed by atoms with Crippen molar-refractivity contribution in [3.8, 4) is 0 Å². The van der Waals surface area contributed by atoms with E-state index in [0.717, 1.165) is 0 Å². The summed E-state index contributed by atoms with van der Waals surface area (Å²) in [4.78, 5) is 2.62. The van der Waals surface area contributed by atoms with Crippen molar-refractivity contribution in [1.82, 2.24) is 9.71 Å². The van der Waals surface area contributed by atoms with Gasteiger partial charge in [-0.25, -0.2) is 13.1 Å². The first-order chi connectivity index (χ1) is 9.19. The normalized spacial score (nSPS) is 12.9. The van der Waals surface area contributed by atoms with Crippen LogP contribution in [0.25, 0.3) is 10.9 Å². The molecule has 2 rings (SSSR count). The van der Waals surface area contributed by atoms with Gasteiger partial charge in [-0.2, -0.15) is 13.2 Å². The lowest BCUT2D eigenvalue weighted by Crippen LogP contribution is -2.27. The summed E-state index contributed by atoms with van der Waals surface area (Å²) in [5.74, 6) is 0. The molecule has 1 aromatic heterocycles. The molecule has 0 spiro atoms. The number of nitrogens with two attached hydrogens (primary N) is 1. The molecule has 0 aliphatic carbocycles. The quantitative estimate of drug-likeness (QED) is 0.755. The van der Waals surface area contributed by atoms with Crippen molar-refractivity contribution in [3.05, 3.63) is 24.4 Å². The van der Waals surface area contributed by atoms with Crippen LogP contribution < -0.4 is 10.5 Å². The second-order valence-corrected chi connectivity index (χ2v) is 5.96. The highest BCUT2D eigenvalue weighted by Gasteiger charge is 2.28. The zero-order valence-corrected chi connectivity index (χ0v) is 11.0. The highest BCUT2D eigenvalue weighted by Crippen LogP contribution is 2.25. The number of fused-ring (bicyclic) bond motifs is 1. The van der Waals surface area contributed by atoms with Crippen LogP contribution in [-0.2, 0) is 10.0 Å². The van der Waals surface area contributed by atoms with Crippen molar-refractivity contribution in [1.29, 1.82) is 0 Å². The van der Waals surface area contributed by atoms with E-state index in [2.05, 4.69) is 4.98 Å². The lowest BCUT2D eigenvalue weighted by atomic mass is 10.2. The van der Waals surface area contributed by atoms with Crippen molar-refractivity contribution in [3.63, 3.8) is 0 Å². The van der Waals surface area contributed by atoms with Crippen molar-refractivity contribution in [2.24, 2.45) is 0 Å². The number of hydrogen-bond acceptors (Lipinski definition) is 3.